The van der Waals surface area contributed by atoms with Gasteiger partial charge >= 0.3 is 29.6 Å². The van der Waals surface area contributed by atoms with Gasteiger partial charge < -0.3 is 14.7 Å². The molecule has 0 bridgehead atoms. The molecule has 0 aromatic rings. The van der Waals surface area contributed by atoms with Gasteiger partial charge in [-0.15, -0.1) is 0 Å². The van der Waals surface area contributed by atoms with E-state index in [2.05, 4.69) is 9.50 Å². The fourth-order valence-corrected chi connectivity index (χ4v) is 2.02. The van der Waals surface area contributed by atoms with Crippen molar-refractivity contribution in [2.24, 2.45) is 0 Å². The summed E-state index contributed by atoms with van der Waals surface area (Å²) in [6.07, 6.45) is 7.77. The SMILES string of the molecule is CC(=O)CCCCCCCCCC(=O)NCOS(=O)(=O)[O-].[Na+]. The third-order valence-corrected chi connectivity index (χ3v) is 3.31. The Morgan fingerprint density at radius 1 is 0.955 bits per heavy atom. The summed E-state index contributed by atoms with van der Waals surface area (Å²) >= 11 is 0. The van der Waals surface area contributed by atoms with Crippen molar-refractivity contribution < 1.29 is 56.3 Å². The number of carbonyl (C=O) groups is 2. The van der Waals surface area contributed by atoms with E-state index in [4.69, 9.17) is 0 Å². The molecule has 0 fully saturated rings. The van der Waals surface area contributed by atoms with Crippen LogP contribution in [-0.4, -0.2) is 31.4 Å². The Hall–Kier alpha value is 0.01000. The zero-order valence-corrected chi connectivity index (χ0v) is 16.2. The molecule has 0 radical (unpaired) electrons. The molecule has 22 heavy (non-hydrogen) atoms. The molecule has 0 unspecified atom stereocenters. The third-order valence-electron chi connectivity index (χ3n) is 2.91. The van der Waals surface area contributed by atoms with Gasteiger partial charge in [-0.25, -0.2) is 8.42 Å². The molecule has 0 rings (SSSR count). The molecule has 0 aliphatic heterocycles. The molecule has 124 valence electrons. The van der Waals surface area contributed by atoms with E-state index >= 15 is 0 Å². The van der Waals surface area contributed by atoms with Crippen LogP contribution in [0.4, 0.5) is 0 Å². The van der Waals surface area contributed by atoms with Crippen molar-refractivity contribution >= 4 is 22.1 Å². The predicted octanol–water partition coefficient (Wildman–Crippen LogP) is -1.36. The minimum absolute atomic E-state index is 0. The Morgan fingerprint density at radius 2 is 1.41 bits per heavy atom. The number of nitrogens with one attached hydrogen (secondary N) is 1. The minimum Gasteiger partial charge on any atom is -0.725 e. The van der Waals surface area contributed by atoms with Crippen LogP contribution in [0.5, 0.6) is 0 Å². The van der Waals surface area contributed by atoms with Gasteiger partial charge in [-0.05, 0) is 19.8 Å². The first-order valence-electron chi connectivity index (χ1n) is 7.17. The van der Waals surface area contributed by atoms with E-state index in [0.29, 0.717) is 12.8 Å². The van der Waals surface area contributed by atoms with Crippen molar-refractivity contribution in [3.8, 4) is 0 Å². The van der Waals surface area contributed by atoms with Crippen LogP contribution < -0.4 is 34.9 Å². The Balaban J connectivity index is 0. The molecule has 0 spiro atoms. The molecule has 0 heterocycles. The van der Waals surface area contributed by atoms with E-state index in [1.54, 1.807) is 6.92 Å². The van der Waals surface area contributed by atoms with Gasteiger partial charge in [0.25, 0.3) is 0 Å². The van der Waals surface area contributed by atoms with Crippen molar-refractivity contribution in [2.75, 3.05) is 6.73 Å². The normalized spacial score (nSPS) is 10.8. The molecule has 0 atom stereocenters. The first-order chi connectivity index (χ1) is 9.81. The third kappa shape index (κ3) is 20.0. The fourth-order valence-electron chi connectivity index (χ4n) is 1.81. The molecular weight excluding hydrogens is 321 g/mol. The summed E-state index contributed by atoms with van der Waals surface area (Å²) < 4.78 is 34.2. The molecule has 9 heteroatoms. The monoisotopic (exact) mass is 345 g/mol. The first kappa shape index (κ1) is 24.3. The number of ketones is 1. The zero-order chi connectivity index (χ0) is 16.1. The molecule has 0 aliphatic rings. The van der Waals surface area contributed by atoms with E-state index in [1.807, 2.05) is 0 Å². The summed E-state index contributed by atoms with van der Waals surface area (Å²) in [6, 6.07) is 0. The van der Waals surface area contributed by atoms with Crippen molar-refractivity contribution in [1.82, 2.24) is 5.32 Å². The maximum absolute atomic E-state index is 11.2. The Labute approximate surface area is 154 Å². The van der Waals surface area contributed by atoms with Crippen molar-refractivity contribution in [3.05, 3.63) is 0 Å². The largest absolute Gasteiger partial charge is 1.00 e. The molecule has 0 aromatic carbocycles. The van der Waals surface area contributed by atoms with Crippen LogP contribution >= 0.6 is 0 Å². The summed E-state index contributed by atoms with van der Waals surface area (Å²) in [5.41, 5.74) is 0. The van der Waals surface area contributed by atoms with Crippen LogP contribution in [0.15, 0.2) is 0 Å². The topological polar surface area (TPSA) is 113 Å². The molecule has 1 amide bonds. The number of hydrogen-bond donors (Lipinski definition) is 1. The molecule has 7 nitrogen and oxygen atoms in total. The molecule has 0 saturated carbocycles. The average Bonchev–Trinajstić information content (AvgIpc) is 2.34. The minimum atomic E-state index is -4.75. The summed E-state index contributed by atoms with van der Waals surface area (Å²) in [5, 5.41) is 2.20. The van der Waals surface area contributed by atoms with Gasteiger partial charge in [-0.2, -0.15) is 0 Å². The Bertz CT molecular complexity index is 413. The van der Waals surface area contributed by atoms with Crippen LogP contribution in [0.25, 0.3) is 0 Å². The van der Waals surface area contributed by atoms with Crippen LogP contribution in [0.2, 0.25) is 0 Å². The van der Waals surface area contributed by atoms with Crippen LogP contribution in [0, 0.1) is 0 Å². The van der Waals surface area contributed by atoms with Crippen molar-refractivity contribution in [2.45, 2.75) is 64.7 Å². The van der Waals surface area contributed by atoms with Crippen molar-refractivity contribution in [3.63, 3.8) is 0 Å². The molecule has 0 aliphatic carbocycles. The second-order valence-electron chi connectivity index (χ2n) is 4.95. The van der Waals surface area contributed by atoms with Gasteiger partial charge in [0.2, 0.25) is 16.3 Å². The van der Waals surface area contributed by atoms with Gasteiger partial charge in [0.05, 0.1) is 0 Å². The van der Waals surface area contributed by atoms with Crippen molar-refractivity contribution in [1.29, 1.82) is 0 Å². The molecule has 0 aromatic heterocycles. The van der Waals surface area contributed by atoms with Gasteiger partial charge in [0, 0.05) is 12.8 Å². The van der Waals surface area contributed by atoms with Gasteiger partial charge in [-0.3, -0.25) is 8.98 Å². The maximum atomic E-state index is 11.2. The number of amides is 1. The van der Waals surface area contributed by atoms with Gasteiger partial charge in [-0.1, -0.05) is 32.1 Å². The predicted molar refractivity (Wildman–Crippen MR) is 76.0 cm³/mol. The summed E-state index contributed by atoms with van der Waals surface area (Å²) in [5.74, 6) is -0.102. The second-order valence-corrected chi connectivity index (χ2v) is 6.00. The standard InChI is InChI=1S/C13H25NO6S.Na/c1-12(15)9-7-5-3-2-4-6-8-10-13(16)14-11-20-21(17,18)19;/h2-11H2,1H3,(H,14,16)(H,17,18,19);/q;+1/p-1. The maximum Gasteiger partial charge on any atom is 1.00 e. The smallest absolute Gasteiger partial charge is 0.725 e. The zero-order valence-electron chi connectivity index (χ0n) is 13.4. The number of hydrogen-bond acceptors (Lipinski definition) is 6. The Kier molecular flexibility index (Phi) is 16.1. The van der Waals surface area contributed by atoms with Crippen LogP contribution in [0.1, 0.15) is 64.7 Å². The van der Waals surface area contributed by atoms with E-state index in [0.717, 1.165) is 38.5 Å². The number of carbonyl (C=O) groups excluding carboxylic acids is 2. The fraction of sp³-hybridized carbons (Fsp3) is 0.846. The number of Topliss-reactive ketones (excluding diaryl/α,β-unsaturated/α-hetero) is 1. The quantitative estimate of drug-likeness (QED) is 0.145. The van der Waals surface area contributed by atoms with Gasteiger partial charge in [0.1, 0.15) is 12.5 Å². The van der Waals surface area contributed by atoms with Crippen LogP contribution in [0.3, 0.4) is 0 Å². The second kappa shape index (κ2) is 14.6. The first-order valence-corrected chi connectivity index (χ1v) is 8.51. The van der Waals surface area contributed by atoms with Gasteiger partial charge in [0.15, 0.2) is 0 Å². The van der Waals surface area contributed by atoms with Crippen LogP contribution in [-0.2, 0) is 24.2 Å². The van der Waals surface area contributed by atoms with E-state index in [9.17, 15) is 22.6 Å². The van der Waals surface area contributed by atoms with E-state index in [-0.39, 0.29) is 47.7 Å². The molecule has 1 N–H and O–H groups in total. The number of unbranched alkanes of at least 4 members (excludes halogenated alkanes) is 6. The average molecular weight is 345 g/mol. The number of rotatable bonds is 13. The summed E-state index contributed by atoms with van der Waals surface area (Å²) in [4.78, 5) is 22.0. The summed E-state index contributed by atoms with van der Waals surface area (Å²) in [7, 11) is -4.75. The van der Waals surface area contributed by atoms with E-state index in [1.165, 1.54) is 0 Å². The van der Waals surface area contributed by atoms with E-state index < -0.39 is 17.1 Å². The Morgan fingerprint density at radius 3 is 1.86 bits per heavy atom. The molecular formula is C13H24NNaO6S. The summed E-state index contributed by atoms with van der Waals surface area (Å²) in [6.45, 7) is 0.989. The molecule has 0 saturated heterocycles.